The Morgan fingerprint density at radius 3 is 3.00 bits per heavy atom. The van der Waals surface area contributed by atoms with Crippen molar-refractivity contribution in [3.8, 4) is 5.75 Å². The Balaban J connectivity index is 1.78. The van der Waals surface area contributed by atoms with Gasteiger partial charge < -0.3 is 10.1 Å². The fraction of sp³-hybridized carbons (Fsp3) is 0.727. The number of ether oxygens (including phenoxy) is 1. The second kappa shape index (κ2) is 4.66. The zero-order valence-corrected chi connectivity index (χ0v) is 9.44. The number of aromatic nitrogens is 2. The van der Waals surface area contributed by atoms with Crippen LogP contribution in [0.4, 0.5) is 0 Å². The quantitative estimate of drug-likeness (QED) is 0.768. The van der Waals surface area contributed by atoms with E-state index in [-0.39, 0.29) is 6.10 Å². The van der Waals surface area contributed by atoms with Gasteiger partial charge in [-0.25, -0.2) is 0 Å². The lowest BCUT2D eigenvalue weighted by atomic mass is 10.2. The molecule has 0 spiro atoms. The Hall–Kier alpha value is -1.03. The van der Waals surface area contributed by atoms with Crippen LogP contribution in [-0.2, 0) is 7.05 Å². The highest BCUT2D eigenvalue weighted by Gasteiger charge is 2.21. The third-order valence-corrected chi connectivity index (χ3v) is 2.65. The SMILES string of the molecule is CCC(CNC1CC1)Oc1cnn(C)c1. The molecule has 1 aliphatic rings. The van der Waals surface area contributed by atoms with E-state index in [0.717, 1.165) is 24.8 Å². The summed E-state index contributed by atoms with van der Waals surface area (Å²) < 4.78 is 7.58. The largest absolute Gasteiger partial charge is 0.486 e. The first kappa shape index (κ1) is 10.5. The molecule has 0 aliphatic heterocycles. The Morgan fingerprint density at radius 1 is 1.67 bits per heavy atom. The summed E-state index contributed by atoms with van der Waals surface area (Å²) in [5, 5.41) is 7.57. The highest BCUT2D eigenvalue weighted by molar-refractivity contribution is 5.11. The average molecular weight is 209 g/mol. The van der Waals surface area contributed by atoms with Gasteiger partial charge in [0.05, 0.1) is 12.4 Å². The van der Waals surface area contributed by atoms with Crippen LogP contribution in [0.15, 0.2) is 12.4 Å². The number of nitrogens with one attached hydrogen (secondary N) is 1. The Labute approximate surface area is 90.6 Å². The van der Waals surface area contributed by atoms with E-state index in [1.165, 1.54) is 12.8 Å². The summed E-state index contributed by atoms with van der Waals surface area (Å²) in [4.78, 5) is 0. The summed E-state index contributed by atoms with van der Waals surface area (Å²) >= 11 is 0. The maximum Gasteiger partial charge on any atom is 0.157 e. The van der Waals surface area contributed by atoms with Gasteiger partial charge in [-0.3, -0.25) is 4.68 Å². The van der Waals surface area contributed by atoms with E-state index < -0.39 is 0 Å². The van der Waals surface area contributed by atoms with Crippen molar-refractivity contribution in [3.63, 3.8) is 0 Å². The average Bonchev–Trinajstić information content (AvgIpc) is 2.97. The Bertz CT molecular complexity index is 307. The van der Waals surface area contributed by atoms with Crippen LogP contribution in [-0.4, -0.2) is 28.5 Å². The lowest BCUT2D eigenvalue weighted by molar-refractivity contribution is 0.192. The van der Waals surface area contributed by atoms with E-state index in [9.17, 15) is 0 Å². The van der Waals surface area contributed by atoms with Crippen LogP contribution in [0.1, 0.15) is 26.2 Å². The van der Waals surface area contributed by atoms with Crippen molar-refractivity contribution in [2.45, 2.75) is 38.3 Å². The van der Waals surface area contributed by atoms with Gasteiger partial charge in [-0.15, -0.1) is 0 Å². The molecule has 1 saturated carbocycles. The summed E-state index contributed by atoms with van der Waals surface area (Å²) in [5.41, 5.74) is 0. The predicted octanol–water partition coefficient (Wildman–Crippen LogP) is 1.33. The zero-order valence-electron chi connectivity index (χ0n) is 9.44. The third-order valence-electron chi connectivity index (χ3n) is 2.65. The summed E-state index contributed by atoms with van der Waals surface area (Å²) in [6.45, 7) is 3.09. The van der Waals surface area contributed by atoms with E-state index in [1.54, 1.807) is 10.9 Å². The molecule has 1 aromatic rings. The van der Waals surface area contributed by atoms with Crippen molar-refractivity contribution in [1.29, 1.82) is 0 Å². The molecule has 1 N–H and O–H groups in total. The summed E-state index contributed by atoms with van der Waals surface area (Å²) in [5.74, 6) is 0.863. The molecule has 0 saturated heterocycles. The van der Waals surface area contributed by atoms with Gasteiger partial charge in [-0.2, -0.15) is 5.10 Å². The molecule has 1 aromatic heterocycles. The van der Waals surface area contributed by atoms with Gasteiger partial charge in [0, 0.05) is 19.6 Å². The molecule has 84 valence electrons. The van der Waals surface area contributed by atoms with Crippen molar-refractivity contribution >= 4 is 0 Å². The van der Waals surface area contributed by atoms with Gasteiger partial charge in [0.25, 0.3) is 0 Å². The minimum absolute atomic E-state index is 0.259. The van der Waals surface area contributed by atoms with E-state index in [2.05, 4.69) is 17.3 Å². The molecule has 2 rings (SSSR count). The molecule has 1 aliphatic carbocycles. The van der Waals surface area contributed by atoms with E-state index in [1.807, 2.05) is 13.2 Å². The lowest BCUT2D eigenvalue weighted by Crippen LogP contribution is -2.32. The van der Waals surface area contributed by atoms with Gasteiger partial charge in [0.2, 0.25) is 0 Å². The maximum atomic E-state index is 5.82. The van der Waals surface area contributed by atoms with Crippen molar-refractivity contribution in [3.05, 3.63) is 12.4 Å². The minimum Gasteiger partial charge on any atom is -0.486 e. The van der Waals surface area contributed by atoms with Crippen LogP contribution >= 0.6 is 0 Å². The number of hydrogen-bond acceptors (Lipinski definition) is 3. The van der Waals surface area contributed by atoms with Crippen LogP contribution in [0.2, 0.25) is 0 Å². The summed E-state index contributed by atoms with van der Waals surface area (Å²) in [6.07, 6.45) is 7.59. The molecular formula is C11H19N3O. The van der Waals surface area contributed by atoms with E-state index in [0.29, 0.717) is 0 Å². The fourth-order valence-corrected chi connectivity index (χ4v) is 1.51. The minimum atomic E-state index is 0.259. The third kappa shape index (κ3) is 3.23. The maximum absolute atomic E-state index is 5.82. The van der Waals surface area contributed by atoms with Crippen molar-refractivity contribution in [2.24, 2.45) is 7.05 Å². The molecule has 1 heterocycles. The van der Waals surface area contributed by atoms with Crippen LogP contribution < -0.4 is 10.1 Å². The summed E-state index contributed by atoms with van der Waals surface area (Å²) in [7, 11) is 1.90. The summed E-state index contributed by atoms with van der Waals surface area (Å²) in [6, 6.07) is 0.747. The Morgan fingerprint density at radius 2 is 2.47 bits per heavy atom. The van der Waals surface area contributed by atoms with Crippen LogP contribution in [0.3, 0.4) is 0 Å². The Kier molecular flexibility index (Phi) is 3.26. The molecule has 0 radical (unpaired) electrons. The molecule has 1 fully saturated rings. The number of aryl methyl sites for hydroxylation is 1. The molecule has 0 amide bonds. The highest BCUT2D eigenvalue weighted by atomic mass is 16.5. The van der Waals surface area contributed by atoms with Gasteiger partial charge in [0.1, 0.15) is 6.10 Å². The van der Waals surface area contributed by atoms with Gasteiger partial charge in [0.15, 0.2) is 5.75 Å². The molecular weight excluding hydrogens is 190 g/mol. The van der Waals surface area contributed by atoms with Crippen molar-refractivity contribution in [1.82, 2.24) is 15.1 Å². The van der Waals surface area contributed by atoms with Gasteiger partial charge in [-0.1, -0.05) is 6.92 Å². The monoisotopic (exact) mass is 209 g/mol. The number of nitrogens with zero attached hydrogens (tertiary/aromatic N) is 2. The van der Waals surface area contributed by atoms with Gasteiger partial charge >= 0.3 is 0 Å². The second-order valence-corrected chi connectivity index (χ2v) is 4.18. The zero-order chi connectivity index (χ0) is 10.7. The molecule has 4 heteroatoms. The van der Waals surface area contributed by atoms with Crippen molar-refractivity contribution in [2.75, 3.05) is 6.54 Å². The first-order chi connectivity index (χ1) is 7.28. The molecule has 1 unspecified atom stereocenters. The molecule has 0 aromatic carbocycles. The number of rotatable bonds is 6. The lowest BCUT2D eigenvalue weighted by Gasteiger charge is -2.16. The molecule has 1 atom stereocenters. The van der Waals surface area contributed by atoms with E-state index in [4.69, 9.17) is 4.74 Å². The smallest absolute Gasteiger partial charge is 0.157 e. The van der Waals surface area contributed by atoms with Gasteiger partial charge in [-0.05, 0) is 19.3 Å². The fourth-order valence-electron chi connectivity index (χ4n) is 1.51. The standard InChI is InChI=1S/C11H19N3O/c1-3-10(6-12-9-4-5-9)15-11-7-13-14(2)8-11/h7-10,12H,3-6H2,1-2H3. The van der Waals surface area contributed by atoms with E-state index >= 15 is 0 Å². The van der Waals surface area contributed by atoms with Crippen molar-refractivity contribution < 1.29 is 4.74 Å². The highest BCUT2D eigenvalue weighted by Crippen LogP contribution is 2.19. The molecule has 4 nitrogen and oxygen atoms in total. The predicted molar refractivity (Wildman–Crippen MR) is 58.9 cm³/mol. The molecule has 0 bridgehead atoms. The number of hydrogen-bond donors (Lipinski definition) is 1. The molecule has 15 heavy (non-hydrogen) atoms. The van der Waals surface area contributed by atoms with Crippen LogP contribution in [0.25, 0.3) is 0 Å². The normalized spacial score (nSPS) is 17.7. The first-order valence-electron chi connectivity index (χ1n) is 5.66. The topological polar surface area (TPSA) is 39.1 Å². The first-order valence-corrected chi connectivity index (χ1v) is 5.66. The second-order valence-electron chi connectivity index (χ2n) is 4.18. The van der Waals surface area contributed by atoms with Crippen LogP contribution in [0.5, 0.6) is 5.75 Å². The van der Waals surface area contributed by atoms with Crippen LogP contribution in [0, 0.1) is 0 Å².